The van der Waals surface area contributed by atoms with Crippen LogP contribution in [0, 0.1) is 6.92 Å². The van der Waals surface area contributed by atoms with Gasteiger partial charge in [-0.15, -0.1) is 0 Å². The first-order valence-corrected chi connectivity index (χ1v) is 7.40. The van der Waals surface area contributed by atoms with Crippen LogP contribution in [0.4, 0.5) is 4.79 Å². The summed E-state index contributed by atoms with van der Waals surface area (Å²) in [5.74, 6) is 0.797. The van der Waals surface area contributed by atoms with Gasteiger partial charge in [-0.1, -0.05) is 0 Å². The van der Waals surface area contributed by atoms with Crippen molar-refractivity contribution < 1.29 is 14.3 Å². The van der Waals surface area contributed by atoms with Crippen LogP contribution in [0.15, 0.2) is 18.5 Å². The Labute approximate surface area is 126 Å². The Morgan fingerprint density at radius 3 is 2.52 bits per heavy atom. The molecule has 1 fully saturated rings. The molecule has 0 aliphatic carbocycles. The molecule has 2 heterocycles. The molecule has 0 atom stereocenters. The minimum atomic E-state index is -0.447. The van der Waals surface area contributed by atoms with Gasteiger partial charge in [0.25, 0.3) is 0 Å². The maximum absolute atomic E-state index is 12.0. The predicted octanol–water partition coefficient (Wildman–Crippen LogP) is 3.17. The molecule has 0 N–H and O–H groups in total. The SMILES string of the molecule is Cc1cncc(OC2CCN(C(=O)OC(C)(C)C)CC2)c1. The molecule has 0 aromatic carbocycles. The van der Waals surface area contributed by atoms with Crippen molar-refractivity contribution in [2.75, 3.05) is 13.1 Å². The highest BCUT2D eigenvalue weighted by Crippen LogP contribution is 2.20. The molecule has 2 rings (SSSR count). The highest BCUT2D eigenvalue weighted by atomic mass is 16.6. The van der Waals surface area contributed by atoms with E-state index in [9.17, 15) is 4.79 Å². The average Bonchev–Trinajstić information content (AvgIpc) is 2.37. The lowest BCUT2D eigenvalue weighted by molar-refractivity contribution is 0.0126. The number of amides is 1. The molecule has 0 bridgehead atoms. The number of ether oxygens (including phenoxy) is 2. The highest BCUT2D eigenvalue weighted by molar-refractivity contribution is 5.68. The van der Waals surface area contributed by atoms with Crippen molar-refractivity contribution in [2.24, 2.45) is 0 Å². The van der Waals surface area contributed by atoms with Gasteiger partial charge in [0, 0.05) is 32.1 Å². The summed E-state index contributed by atoms with van der Waals surface area (Å²) in [7, 11) is 0. The first-order valence-electron chi connectivity index (χ1n) is 7.40. The Kier molecular flexibility index (Phi) is 4.70. The lowest BCUT2D eigenvalue weighted by Crippen LogP contribution is -2.44. The molecule has 5 nitrogen and oxygen atoms in total. The minimum Gasteiger partial charge on any atom is -0.489 e. The minimum absolute atomic E-state index is 0.132. The van der Waals surface area contributed by atoms with Crippen molar-refractivity contribution in [1.82, 2.24) is 9.88 Å². The lowest BCUT2D eigenvalue weighted by Gasteiger charge is -2.33. The number of carbonyl (C=O) groups is 1. The second kappa shape index (κ2) is 6.33. The normalized spacial score (nSPS) is 16.7. The highest BCUT2D eigenvalue weighted by Gasteiger charge is 2.27. The average molecular weight is 292 g/mol. The van der Waals surface area contributed by atoms with Crippen LogP contribution in [0.5, 0.6) is 5.75 Å². The van der Waals surface area contributed by atoms with Gasteiger partial charge in [0.2, 0.25) is 0 Å². The third-order valence-electron chi connectivity index (χ3n) is 3.25. The molecule has 1 aliphatic heterocycles. The van der Waals surface area contributed by atoms with Crippen LogP contribution in [0.1, 0.15) is 39.2 Å². The van der Waals surface area contributed by atoms with E-state index >= 15 is 0 Å². The molecule has 116 valence electrons. The maximum Gasteiger partial charge on any atom is 0.410 e. The third kappa shape index (κ3) is 4.92. The summed E-state index contributed by atoms with van der Waals surface area (Å²) in [6.07, 6.45) is 5.05. The zero-order valence-corrected chi connectivity index (χ0v) is 13.3. The van der Waals surface area contributed by atoms with Gasteiger partial charge in [-0.3, -0.25) is 4.98 Å². The molecule has 0 radical (unpaired) electrons. The second-order valence-corrected chi connectivity index (χ2v) is 6.48. The largest absolute Gasteiger partial charge is 0.489 e. The van der Waals surface area contributed by atoms with Gasteiger partial charge in [0.1, 0.15) is 17.5 Å². The fraction of sp³-hybridized carbons (Fsp3) is 0.625. The topological polar surface area (TPSA) is 51.7 Å². The zero-order chi connectivity index (χ0) is 15.5. The molecule has 1 aliphatic rings. The quantitative estimate of drug-likeness (QED) is 0.840. The van der Waals surface area contributed by atoms with Crippen molar-refractivity contribution in [3.63, 3.8) is 0 Å². The standard InChI is InChI=1S/C16H24N2O3/c1-12-9-14(11-17-10-12)20-13-5-7-18(8-6-13)15(19)21-16(2,3)4/h9-11,13H,5-8H2,1-4H3. The van der Waals surface area contributed by atoms with Crippen molar-refractivity contribution in [3.8, 4) is 5.75 Å². The van der Waals surface area contributed by atoms with E-state index in [2.05, 4.69) is 4.98 Å². The van der Waals surface area contributed by atoms with E-state index in [1.165, 1.54) is 0 Å². The van der Waals surface area contributed by atoms with Crippen LogP contribution in [0.25, 0.3) is 0 Å². The summed E-state index contributed by atoms with van der Waals surface area (Å²) in [5, 5.41) is 0. The monoisotopic (exact) mass is 292 g/mol. The molecule has 1 saturated heterocycles. The van der Waals surface area contributed by atoms with E-state index in [4.69, 9.17) is 9.47 Å². The molecule has 0 unspecified atom stereocenters. The van der Waals surface area contributed by atoms with Crippen molar-refractivity contribution >= 4 is 6.09 Å². The molecule has 1 aromatic heterocycles. The number of hydrogen-bond donors (Lipinski definition) is 0. The van der Waals surface area contributed by atoms with Gasteiger partial charge in [0.05, 0.1) is 6.20 Å². The number of aryl methyl sites for hydroxylation is 1. The molecule has 0 saturated carbocycles. The van der Waals surface area contributed by atoms with E-state index in [0.29, 0.717) is 13.1 Å². The van der Waals surface area contributed by atoms with Gasteiger partial charge in [-0.25, -0.2) is 4.79 Å². The van der Waals surface area contributed by atoms with Gasteiger partial charge < -0.3 is 14.4 Å². The number of piperidine rings is 1. The zero-order valence-electron chi connectivity index (χ0n) is 13.3. The Morgan fingerprint density at radius 1 is 1.29 bits per heavy atom. The Bertz CT molecular complexity index is 489. The number of nitrogens with zero attached hydrogens (tertiary/aromatic N) is 2. The van der Waals surface area contributed by atoms with Gasteiger partial charge in [-0.2, -0.15) is 0 Å². The molecule has 1 amide bonds. The number of aromatic nitrogens is 1. The summed E-state index contributed by atoms with van der Waals surface area (Å²) in [5.41, 5.74) is 0.635. The summed E-state index contributed by atoms with van der Waals surface area (Å²) < 4.78 is 11.3. The van der Waals surface area contributed by atoms with E-state index in [1.54, 1.807) is 17.3 Å². The van der Waals surface area contributed by atoms with Crippen LogP contribution in [0.2, 0.25) is 0 Å². The Hall–Kier alpha value is -1.78. The van der Waals surface area contributed by atoms with Gasteiger partial charge in [0.15, 0.2) is 0 Å². The number of pyridine rings is 1. The Balaban J connectivity index is 1.82. The predicted molar refractivity (Wildman–Crippen MR) is 80.4 cm³/mol. The third-order valence-corrected chi connectivity index (χ3v) is 3.25. The van der Waals surface area contributed by atoms with Crippen molar-refractivity contribution in [2.45, 2.75) is 52.2 Å². The molecule has 1 aromatic rings. The smallest absolute Gasteiger partial charge is 0.410 e. The fourth-order valence-electron chi connectivity index (χ4n) is 2.27. The van der Waals surface area contributed by atoms with Crippen LogP contribution in [-0.4, -0.2) is 40.8 Å². The molecule has 5 heteroatoms. The van der Waals surface area contributed by atoms with Gasteiger partial charge >= 0.3 is 6.09 Å². The summed E-state index contributed by atoms with van der Waals surface area (Å²) in [6, 6.07) is 1.98. The molecular formula is C16H24N2O3. The van der Waals surface area contributed by atoms with Gasteiger partial charge in [-0.05, 0) is 39.3 Å². The van der Waals surface area contributed by atoms with Crippen LogP contribution >= 0.6 is 0 Å². The summed E-state index contributed by atoms with van der Waals surface area (Å²) >= 11 is 0. The van der Waals surface area contributed by atoms with E-state index in [-0.39, 0.29) is 12.2 Å². The van der Waals surface area contributed by atoms with Crippen LogP contribution < -0.4 is 4.74 Å². The van der Waals surface area contributed by atoms with E-state index < -0.39 is 5.60 Å². The number of likely N-dealkylation sites (tertiary alicyclic amines) is 1. The Morgan fingerprint density at radius 2 is 1.95 bits per heavy atom. The van der Waals surface area contributed by atoms with Crippen LogP contribution in [0.3, 0.4) is 0 Å². The molecule has 21 heavy (non-hydrogen) atoms. The van der Waals surface area contributed by atoms with Crippen molar-refractivity contribution in [3.05, 3.63) is 24.0 Å². The molecular weight excluding hydrogens is 268 g/mol. The number of rotatable bonds is 2. The molecule has 0 spiro atoms. The van der Waals surface area contributed by atoms with Crippen molar-refractivity contribution in [1.29, 1.82) is 0 Å². The first-order chi connectivity index (χ1) is 9.83. The van der Waals surface area contributed by atoms with Crippen LogP contribution in [-0.2, 0) is 4.74 Å². The lowest BCUT2D eigenvalue weighted by atomic mass is 10.1. The van der Waals surface area contributed by atoms with E-state index in [0.717, 1.165) is 24.2 Å². The van der Waals surface area contributed by atoms with E-state index in [1.807, 2.05) is 33.8 Å². The summed E-state index contributed by atoms with van der Waals surface area (Å²) in [6.45, 7) is 8.96. The maximum atomic E-state index is 12.0. The fourth-order valence-corrected chi connectivity index (χ4v) is 2.27. The number of carbonyl (C=O) groups excluding carboxylic acids is 1. The number of hydrogen-bond acceptors (Lipinski definition) is 4. The summed E-state index contributed by atoms with van der Waals surface area (Å²) in [4.78, 5) is 17.8. The first kappa shape index (κ1) is 15.6. The second-order valence-electron chi connectivity index (χ2n) is 6.48.